The Labute approximate surface area is 147 Å². The third-order valence-electron chi connectivity index (χ3n) is 5.32. The largest absolute Gasteiger partial charge is 0.480 e. The summed E-state index contributed by atoms with van der Waals surface area (Å²) in [5, 5.41) is 13.5. The molecule has 1 heterocycles. The number of benzene rings is 1. The van der Waals surface area contributed by atoms with Gasteiger partial charge in [-0.1, -0.05) is 37.5 Å². The Kier molecular flexibility index (Phi) is 4.75. The first-order chi connectivity index (χ1) is 11.9. The van der Waals surface area contributed by atoms with Gasteiger partial charge in [0.1, 0.15) is 5.54 Å². The Morgan fingerprint density at radius 3 is 2.52 bits per heavy atom. The van der Waals surface area contributed by atoms with Crippen molar-refractivity contribution in [2.45, 2.75) is 57.9 Å². The molecule has 5 nitrogen and oxygen atoms in total. The summed E-state index contributed by atoms with van der Waals surface area (Å²) < 4.78 is 0. The van der Waals surface area contributed by atoms with Crippen LogP contribution in [0.1, 0.15) is 48.9 Å². The first kappa shape index (κ1) is 17.4. The molecule has 1 amide bonds. The number of hydrogen-bond acceptors (Lipinski definition) is 3. The van der Waals surface area contributed by atoms with E-state index in [-0.39, 0.29) is 12.3 Å². The summed E-state index contributed by atoms with van der Waals surface area (Å²) >= 11 is 0. The van der Waals surface area contributed by atoms with Gasteiger partial charge in [-0.05, 0) is 43.9 Å². The molecule has 0 unspecified atom stereocenters. The second kappa shape index (κ2) is 6.82. The number of pyridine rings is 1. The number of hydrogen-bond donors (Lipinski definition) is 2. The summed E-state index contributed by atoms with van der Waals surface area (Å²) in [5.74, 6) is -1.17. The summed E-state index contributed by atoms with van der Waals surface area (Å²) in [6.07, 6.45) is 3.86. The highest BCUT2D eigenvalue weighted by atomic mass is 16.4. The van der Waals surface area contributed by atoms with Crippen LogP contribution in [0.15, 0.2) is 24.3 Å². The molecule has 25 heavy (non-hydrogen) atoms. The minimum absolute atomic E-state index is 0.157. The molecule has 1 aliphatic carbocycles. The molecule has 1 saturated carbocycles. The lowest BCUT2D eigenvalue weighted by Crippen LogP contribution is -2.56. The highest BCUT2D eigenvalue weighted by Crippen LogP contribution is 2.29. The summed E-state index contributed by atoms with van der Waals surface area (Å²) in [6, 6.07) is 7.86. The van der Waals surface area contributed by atoms with Crippen molar-refractivity contribution in [3.05, 3.63) is 41.1 Å². The van der Waals surface area contributed by atoms with Gasteiger partial charge in [0.05, 0.1) is 11.9 Å². The SMILES string of the molecule is Cc1nc2ccccc2c(C)c1CC(=O)NC1(C(=O)O)CCCCC1. The van der Waals surface area contributed by atoms with Crippen LogP contribution in [-0.4, -0.2) is 27.5 Å². The van der Waals surface area contributed by atoms with Gasteiger partial charge in [-0.2, -0.15) is 0 Å². The average Bonchev–Trinajstić information content (AvgIpc) is 2.59. The summed E-state index contributed by atoms with van der Waals surface area (Å²) in [7, 11) is 0. The molecule has 1 aliphatic rings. The van der Waals surface area contributed by atoms with Crippen LogP contribution in [0.2, 0.25) is 0 Å². The van der Waals surface area contributed by atoms with Crippen LogP contribution in [0.4, 0.5) is 0 Å². The molecule has 1 aromatic heterocycles. The Morgan fingerprint density at radius 1 is 1.16 bits per heavy atom. The van der Waals surface area contributed by atoms with E-state index in [2.05, 4.69) is 10.3 Å². The Bertz CT molecular complexity index is 823. The summed E-state index contributed by atoms with van der Waals surface area (Å²) in [5.41, 5.74) is 2.54. The van der Waals surface area contributed by atoms with Crippen molar-refractivity contribution >= 4 is 22.8 Å². The quantitative estimate of drug-likeness (QED) is 0.895. The van der Waals surface area contributed by atoms with Gasteiger partial charge in [0.25, 0.3) is 0 Å². The summed E-state index contributed by atoms with van der Waals surface area (Å²) in [6.45, 7) is 3.89. The molecule has 0 atom stereocenters. The minimum Gasteiger partial charge on any atom is -0.480 e. The van der Waals surface area contributed by atoms with E-state index >= 15 is 0 Å². The standard InChI is InChI=1S/C20H24N2O3/c1-13-15-8-4-5-9-17(15)21-14(2)16(13)12-18(23)22-20(19(24)25)10-6-3-7-11-20/h4-5,8-9H,3,6-7,10-12H2,1-2H3,(H,22,23)(H,24,25). The normalized spacial score (nSPS) is 16.6. The maximum atomic E-state index is 12.6. The van der Waals surface area contributed by atoms with E-state index in [1.165, 1.54) is 0 Å². The molecule has 1 fully saturated rings. The van der Waals surface area contributed by atoms with Crippen LogP contribution in [0.5, 0.6) is 0 Å². The van der Waals surface area contributed by atoms with Crippen LogP contribution < -0.4 is 5.32 Å². The molecular weight excluding hydrogens is 316 g/mol. The van der Waals surface area contributed by atoms with Gasteiger partial charge in [-0.15, -0.1) is 0 Å². The zero-order valence-corrected chi connectivity index (χ0v) is 14.8. The average molecular weight is 340 g/mol. The van der Waals surface area contributed by atoms with Gasteiger partial charge in [0, 0.05) is 11.1 Å². The first-order valence-electron chi connectivity index (χ1n) is 8.82. The predicted molar refractivity (Wildman–Crippen MR) is 96.5 cm³/mol. The highest BCUT2D eigenvalue weighted by molar-refractivity contribution is 5.90. The Hall–Kier alpha value is -2.43. The third kappa shape index (κ3) is 3.36. The molecule has 132 valence electrons. The maximum absolute atomic E-state index is 12.6. The summed E-state index contributed by atoms with van der Waals surface area (Å²) in [4.78, 5) is 29.0. The van der Waals surface area contributed by atoms with Gasteiger partial charge in [-0.3, -0.25) is 9.78 Å². The smallest absolute Gasteiger partial charge is 0.329 e. The number of carboxylic acid groups (broad SMARTS) is 1. The molecule has 0 bridgehead atoms. The molecule has 0 radical (unpaired) electrons. The fourth-order valence-electron chi connectivity index (χ4n) is 3.85. The second-order valence-corrected chi connectivity index (χ2v) is 6.99. The number of aryl methyl sites for hydroxylation is 2. The highest BCUT2D eigenvalue weighted by Gasteiger charge is 2.40. The second-order valence-electron chi connectivity index (χ2n) is 6.99. The zero-order chi connectivity index (χ0) is 18.0. The van der Waals surface area contributed by atoms with Gasteiger partial charge in [0.15, 0.2) is 0 Å². The zero-order valence-electron chi connectivity index (χ0n) is 14.8. The van der Waals surface area contributed by atoms with E-state index in [0.29, 0.717) is 12.8 Å². The molecule has 0 saturated heterocycles. The molecule has 0 aliphatic heterocycles. The van der Waals surface area contributed by atoms with Crippen molar-refractivity contribution in [1.29, 1.82) is 0 Å². The van der Waals surface area contributed by atoms with Crippen LogP contribution in [0.25, 0.3) is 10.9 Å². The number of aliphatic carboxylic acids is 1. The number of fused-ring (bicyclic) bond motifs is 1. The number of carboxylic acids is 1. The number of rotatable bonds is 4. The molecule has 0 spiro atoms. The number of aromatic nitrogens is 1. The van der Waals surface area contributed by atoms with E-state index in [4.69, 9.17) is 0 Å². The fraction of sp³-hybridized carbons (Fsp3) is 0.450. The Morgan fingerprint density at radius 2 is 1.84 bits per heavy atom. The van der Waals surface area contributed by atoms with Crippen molar-refractivity contribution in [2.24, 2.45) is 0 Å². The lowest BCUT2D eigenvalue weighted by atomic mass is 9.81. The lowest BCUT2D eigenvalue weighted by molar-refractivity contribution is -0.149. The fourth-order valence-corrected chi connectivity index (χ4v) is 3.85. The van der Waals surface area contributed by atoms with Gasteiger partial charge in [-0.25, -0.2) is 4.79 Å². The van der Waals surface area contributed by atoms with Crippen molar-refractivity contribution in [3.63, 3.8) is 0 Å². The molecular formula is C20H24N2O3. The number of amides is 1. The van der Waals surface area contributed by atoms with Gasteiger partial charge < -0.3 is 10.4 Å². The van der Waals surface area contributed by atoms with Crippen LogP contribution in [0.3, 0.4) is 0 Å². The topological polar surface area (TPSA) is 79.3 Å². The number of nitrogens with one attached hydrogen (secondary N) is 1. The van der Waals surface area contributed by atoms with Crippen molar-refractivity contribution in [1.82, 2.24) is 10.3 Å². The number of nitrogens with zero attached hydrogens (tertiary/aromatic N) is 1. The van der Waals surface area contributed by atoms with Crippen molar-refractivity contribution < 1.29 is 14.7 Å². The number of para-hydroxylation sites is 1. The Balaban J connectivity index is 1.85. The molecule has 2 aromatic rings. The van der Waals surface area contributed by atoms with Crippen molar-refractivity contribution in [3.8, 4) is 0 Å². The van der Waals surface area contributed by atoms with Gasteiger partial charge >= 0.3 is 5.97 Å². The molecule has 5 heteroatoms. The van der Waals surface area contributed by atoms with Crippen molar-refractivity contribution in [2.75, 3.05) is 0 Å². The van der Waals surface area contributed by atoms with E-state index in [0.717, 1.165) is 47.0 Å². The predicted octanol–water partition coefficient (Wildman–Crippen LogP) is 3.30. The maximum Gasteiger partial charge on any atom is 0.329 e. The van der Waals surface area contributed by atoms with Gasteiger partial charge in [0.2, 0.25) is 5.91 Å². The molecule has 2 N–H and O–H groups in total. The van der Waals surface area contributed by atoms with E-state index in [1.807, 2.05) is 38.1 Å². The number of carbonyl (C=O) groups is 2. The van der Waals surface area contributed by atoms with E-state index in [9.17, 15) is 14.7 Å². The monoisotopic (exact) mass is 340 g/mol. The minimum atomic E-state index is -1.11. The number of carbonyl (C=O) groups excluding carboxylic acids is 1. The van der Waals surface area contributed by atoms with Crippen LogP contribution in [0, 0.1) is 13.8 Å². The first-order valence-corrected chi connectivity index (χ1v) is 8.82. The van der Waals surface area contributed by atoms with Crippen LogP contribution >= 0.6 is 0 Å². The molecule has 1 aromatic carbocycles. The lowest BCUT2D eigenvalue weighted by Gasteiger charge is -2.34. The van der Waals surface area contributed by atoms with E-state index in [1.54, 1.807) is 0 Å². The third-order valence-corrected chi connectivity index (χ3v) is 5.32. The van der Waals surface area contributed by atoms with Crippen LogP contribution in [-0.2, 0) is 16.0 Å². The van der Waals surface area contributed by atoms with E-state index < -0.39 is 11.5 Å². The molecule has 3 rings (SSSR count).